The molecule has 6 rings (SSSR count). The van der Waals surface area contributed by atoms with Crippen LogP contribution in [0.3, 0.4) is 0 Å². The lowest BCUT2D eigenvalue weighted by Crippen LogP contribution is -2.76. The van der Waals surface area contributed by atoms with Crippen molar-refractivity contribution in [1.82, 2.24) is 10.2 Å². The molecule has 2 saturated carbocycles. The molecule has 5 atom stereocenters. The minimum Gasteiger partial charge on any atom is -0.508 e. The van der Waals surface area contributed by atoms with E-state index in [0.29, 0.717) is 24.3 Å². The molecule has 3 aliphatic carbocycles. The first-order chi connectivity index (χ1) is 15.9. The van der Waals surface area contributed by atoms with E-state index in [2.05, 4.69) is 10.2 Å². The Hall–Kier alpha value is -2.41. The number of aliphatic hydroxyl groups excluding tert-OH is 1. The van der Waals surface area contributed by atoms with Gasteiger partial charge in [-0.2, -0.15) is 0 Å². The number of phenolic OH excluding ortho intramolecular Hbond substituents is 1. The van der Waals surface area contributed by atoms with Crippen LogP contribution < -0.4 is 5.32 Å². The molecule has 0 spiro atoms. The number of piperidine rings is 1. The molecule has 4 aliphatic rings. The first-order valence-corrected chi connectivity index (χ1v) is 12.2. The van der Waals surface area contributed by atoms with Crippen LogP contribution in [0.25, 0.3) is 0 Å². The Morgan fingerprint density at radius 3 is 2.67 bits per heavy atom. The van der Waals surface area contributed by atoms with Gasteiger partial charge in [-0.3, -0.25) is 9.69 Å². The van der Waals surface area contributed by atoms with Gasteiger partial charge in [-0.1, -0.05) is 24.3 Å². The molecule has 4 N–H and O–H groups in total. The van der Waals surface area contributed by atoms with Crippen molar-refractivity contribution in [3.8, 4) is 5.75 Å². The third-order valence-corrected chi connectivity index (χ3v) is 8.76. The first kappa shape index (κ1) is 21.1. The van der Waals surface area contributed by atoms with E-state index in [1.54, 1.807) is 24.3 Å². The Morgan fingerprint density at radius 2 is 1.91 bits per heavy atom. The van der Waals surface area contributed by atoms with Crippen molar-refractivity contribution in [2.45, 2.75) is 67.7 Å². The quantitative estimate of drug-likeness (QED) is 0.576. The van der Waals surface area contributed by atoms with E-state index < -0.39 is 23.2 Å². The lowest BCUT2D eigenvalue weighted by molar-refractivity contribution is -0.189. The van der Waals surface area contributed by atoms with E-state index in [4.69, 9.17) is 0 Å². The van der Waals surface area contributed by atoms with Gasteiger partial charge in [-0.15, -0.1) is 0 Å². The van der Waals surface area contributed by atoms with Crippen molar-refractivity contribution in [2.24, 2.45) is 5.92 Å². The monoisotopic (exact) mass is 448 g/mol. The average molecular weight is 449 g/mol. The number of amides is 1. The molecule has 1 saturated heterocycles. The third-order valence-electron chi connectivity index (χ3n) is 8.76. The summed E-state index contributed by atoms with van der Waals surface area (Å²) in [6.45, 7) is 1.88. The molecule has 174 valence electrons. The fourth-order valence-electron chi connectivity index (χ4n) is 6.92. The fraction of sp³-hybridized carbons (Fsp3) is 0.519. The third kappa shape index (κ3) is 3.30. The summed E-state index contributed by atoms with van der Waals surface area (Å²) in [5.41, 5.74) is 0.958. The van der Waals surface area contributed by atoms with Gasteiger partial charge >= 0.3 is 0 Å². The maximum Gasteiger partial charge on any atom is 0.251 e. The number of carbonyl (C=O) groups excluding carboxylic acids is 1. The number of likely N-dealkylation sites (tertiary alicyclic amines) is 1. The molecule has 3 fully saturated rings. The van der Waals surface area contributed by atoms with Gasteiger partial charge in [0.05, 0.1) is 17.7 Å². The second-order valence-corrected chi connectivity index (χ2v) is 10.7. The van der Waals surface area contributed by atoms with Crippen molar-refractivity contribution in [1.29, 1.82) is 0 Å². The Morgan fingerprint density at radius 1 is 1.12 bits per heavy atom. The second kappa shape index (κ2) is 7.55. The van der Waals surface area contributed by atoms with Crippen LogP contribution in [0.2, 0.25) is 0 Å². The van der Waals surface area contributed by atoms with Crippen LogP contribution in [0.4, 0.5) is 0 Å². The van der Waals surface area contributed by atoms with E-state index >= 15 is 0 Å². The highest BCUT2D eigenvalue weighted by atomic mass is 16.3. The van der Waals surface area contributed by atoms with Gasteiger partial charge in [0, 0.05) is 30.0 Å². The number of aromatic hydroxyl groups is 1. The van der Waals surface area contributed by atoms with Crippen LogP contribution in [0.15, 0.2) is 48.5 Å². The molecular weight excluding hydrogens is 416 g/mol. The number of carbonyl (C=O) groups is 1. The summed E-state index contributed by atoms with van der Waals surface area (Å²) in [4.78, 5) is 15.3. The topological polar surface area (TPSA) is 93.0 Å². The van der Waals surface area contributed by atoms with Gasteiger partial charge < -0.3 is 20.6 Å². The van der Waals surface area contributed by atoms with Crippen LogP contribution >= 0.6 is 0 Å². The highest BCUT2D eigenvalue weighted by molar-refractivity contribution is 5.94. The minimum atomic E-state index is -1.09. The number of hydrogen-bond acceptors (Lipinski definition) is 5. The van der Waals surface area contributed by atoms with Crippen LogP contribution in [0.5, 0.6) is 5.75 Å². The normalized spacial score (nSPS) is 35.4. The van der Waals surface area contributed by atoms with E-state index in [-0.39, 0.29) is 17.7 Å². The highest BCUT2D eigenvalue weighted by Gasteiger charge is 2.66. The van der Waals surface area contributed by atoms with Crippen molar-refractivity contribution in [3.63, 3.8) is 0 Å². The fourth-order valence-corrected chi connectivity index (χ4v) is 6.92. The SMILES string of the molecule is O=C(NC1CC2(O)C3Cc4ccc(O)cc4C2(CCN3CC2CC2)CC1O)c1ccccc1. The lowest BCUT2D eigenvalue weighted by atomic mass is 9.48. The number of phenols is 1. The Balaban J connectivity index is 1.37. The van der Waals surface area contributed by atoms with E-state index in [1.807, 2.05) is 24.3 Å². The van der Waals surface area contributed by atoms with Crippen molar-refractivity contribution < 1.29 is 20.1 Å². The van der Waals surface area contributed by atoms with Crippen molar-refractivity contribution >= 4 is 5.91 Å². The van der Waals surface area contributed by atoms with Gasteiger partial charge in [0.15, 0.2) is 0 Å². The molecule has 33 heavy (non-hydrogen) atoms. The van der Waals surface area contributed by atoms with Gasteiger partial charge in [0.1, 0.15) is 5.75 Å². The zero-order chi connectivity index (χ0) is 22.8. The van der Waals surface area contributed by atoms with Gasteiger partial charge in [-0.05, 0) is 80.0 Å². The zero-order valence-corrected chi connectivity index (χ0v) is 18.8. The summed E-state index contributed by atoms with van der Waals surface area (Å²) in [6, 6.07) is 13.9. The number of nitrogens with one attached hydrogen (secondary N) is 1. The van der Waals surface area contributed by atoms with E-state index in [0.717, 1.165) is 37.1 Å². The molecule has 6 heteroatoms. The summed E-state index contributed by atoms with van der Waals surface area (Å²) in [5, 5.41) is 37.0. The maximum absolute atomic E-state index is 12.9. The predicted octanol–water partition coefficient (Wildman–Crippen LogP) is 2.35. The van der Waals surface area contributed by atoms with Gasteiger partial charge in [-0.25, -0.2) is 0 Å². The summed E-state index contributed by atoms with van der Waals surface area (Å²) in [5.74, 6) is 0.677. The lowest BCUT2D eigenvalue weighted by Gasteiger charge is -2.65. The Labute approximate surface area is 194 Å². The maximum atomic E-state index is 12.9. The highest BCUT2D eigenvalue weighted by Crippen LogP contribution is 2.58. The average Bonchev–Trinajstić information content (AvgIpc) is 3.62. The second-order valence-electron chi connectivity index (χ2n) is 10.7. The van der Waals surface area contributed by atoms with Gasteiger partial charge in [0.25, 0.3) is 5.91 Å². The van der Waals surface area contributed by atoms with E-state index in [9.17, 15) is 20.1 Å². The molecule has 2 bridgehead atoms. The van der Waals surface area contributed by atoms with Crippen LogP contribution in [0, 0.1) is 5.92 Å². The number of aliphatic hydroxyl groups is 2. The van der Waals surface area contributed by atoms with Gasteiger partial charge in [0.2, 0.25) is 0 Å². The summed E-state index contributed by atoms with van der Waals surface area (Å²) in [7, 11) is 0. The first-order valence-electron chi connectivity index (χ1n) is 12.2. The summed E-state index contributed by atoms with van der Waals surface area (Å²) < 4.78 is 0. The molecule has 0 radical (unpaired) electrons. The van der Waals surface area contributed by atoms with Crippen molar-refractivity contribution in [3.05, 3.63) is 65.2 Å². The minimum absolute atomic E-state index is 0.0625. The summed E-state index contributed by atoms with van der Waals surface area (Å²) in [6.07, 6.45) is 3.86. The zero-order valence-electron chi connectivity index (χ0n) is 18.8. The molecule has 6 nitrogen and oxygen atoms in total. The van der Waals surface area contributed by atoms with Crippen LogP contribution in [0.1, 0.15) is 53.6 Å². The Kier molecular flexibility index (Phi) is 4.84. The molecule has 5 unspecified atom stereocenters. The van der Waals surface area contributed by atoms with Crippen LogP contribution in [-0.4, -0.2) is 63.0 Å². The summed E-state index contributed by atoms with van der Waals surface area (Å²) >= 11 is 0. The molecule has 2 aromatic rings. The molecule has 1 amide bonds. The number of benzene rings is 2. The number of rotatable bonds is 4. The van der Waals surface area contributed by atoms with Crippen LogP contribution in [-0.2, 0) is 11.8 Å². The molecule has 2 aromatic carbocycles. The molecule has 1 aliphatic heterocycles. The predicted molar refractivity (Wildman–Crippen MR) is 124 cm³/mol. The number of fused-ring (bicyclic) bond motifs is 1. The number of nitrogens with zero attached hydrogens (tertiary/aromatic N) is 1. The standard InChI is InChI=1S/C27H32N2O4/c30-20-9-8-19-12-24-27(33)14-22(28-25(32)18-4-2-1-3-5-18)23(31)15-26(27,21(19)13-20)10-11-29(24)16-17-6-7-17/h1-5,8-9,13,17,22-24,30-31,33H,6-7,10-12,14-16H2,(H,28,32). The number of hydrogen-bond donors (Lipinski definition) is 4. The largest absolute Gasteiger partial charge is 0.508 e. The van der Waals surface area contributed by atoms with Crippen molar-refractivity contribution in [2.75, 3.05) is 13.1 Å². The van der Waals surface area contributed by atoms with E-state index in [1.165, 1.54) is 12.8 Å². The molecule has 0 aromatic heterocycles. The smallest absolute Gasteiger partial charge is 0.251 e. The molecule has 1 heterocycles. The molecular formula is C27H32N2O4. The Bertz CT molecular complexity index is 1070.